The maximum absolute atomic E-state index is 13.8. The maximum atomic E-state index is 13.8. The summed E-state index contributed by atoms with van der Waals surface area (Å²) in [7, 11) is 0. The van der Waals surface area contributed by atoms with Crippen molar-refractivity contribution < 1.29 is 37.5 Å². The van der Waals surface area contributed by atoms with Crippen molar-refractivity contribution in [1.82, 2.24) is 5.32 Å². The van der Waals surface area contributed by atoms with E-state index in [-0.39, 0.29) is 53.0 Å². The molecule has 10 heteroatoms. The van der Waals surface area contributed by atoms with Gasteiger partial charge in [0.1, 0.15) is 0 Å². The lowest BCUT2D eigenvalue weighted by Crippen LogP contribution is -2.26. The third kappa shape index (κ3) is 9.28. The van der Waals surface area contributed by atoms with Crippen LogP contribution in [0.25, 0.3) is 0 Å². The quantitative estimate of drug-likeness (QED) is 0.160. The van der Waals surface area contributed by atoms with Gasteiger partial charge in [-0.15, -0.1) is 0 Å². The molecule has 226 valence electrons. The molecule has 0 spiro atoms. The van der Waals surface area contributed by atoms with Crippen molar-refractivity contribution in [1.29, 1.82) is 0 Å². The highest BCUT2D eigenvalue weighted by molar-refractivity contribution is 8.00. The van der Waals surface area contributed by atoms with Crippen LogP contribution in [0.5, 0.6) is 0 Å². The van der Waals surface area contributed by atoms with Crippen LogP contribution in [0.4, 0.5) is 13.2 Å². The number of hydrogen-bond donors (Lipinski definition) is 2. The van der Waals surface area contributed by atoms with E-state index in [1.165, 1.54) is 61.2 Å². The second-order valence-corrected chi connectivity index (χ2v) is 11.7. The van der Waals surface area contributed by atoms with Crippen LogP contribution in [0.2, 0.25) is 0 Å². The van der Waals surface area contributed by atoms with E-state index in [4.69, 9.17) is 5.11 Å². The minimum absolute atomic E-state index is 0.0475. The monoisotopic (exact) mass is 611 g/mol. The minimum atomic E-state index is -4.51. The Kier molecular flexibility index (Phi) is 10.8. The summed E-state index contributed by atoms with van der Waals surface area (Å²) < 4.78 is 38.8. The van der Waals surface area contributed by atoms with E-state index in [9.17, 15) is 32.3 Å². The average Bonchev–Trinajstić information content (AvgIpc) is 2.99. The van der Waals surface area contributed by atoms with Crippen LogP contribution < -0.4 is 5.32 Å². The van der Waals surface area contributed by atoms with Gasteiger partial charge in [-0.25, -0.2) is 0 Å². The summed E-state index contributed by atoms with van der Waals surface area (Å²) in [5.74, 6) is -2.83. The zero-order valence-electron chi connectivity index (χ0n) is 23.4. The molecule has 1 unspecified atom stereocenters. The highest BCUT2D eigenvalue weighted by Gasteiger charge is 2.30. The number of carboxylic acids is 1. The highest BCUT2D eigenvalue weighted by Crippen LogP contribution is 2.38. The van der Waals surface area contributed by atoms with E-state index in [1.807, 2.05) is 12.1 Å². The first-order valence-electron chi connectivity index (χ1n) is 14.1. The molecule has 3 aromatic rings. The number of aliphatic carboxylic acids is 1. The number of alkyl halides is 3. The summed E-state index contributed by atoms with van der Waals surface area (Å²) in [6.45, 7) is -0.0475. The number of rotatable bonds is 12. The number of carboxylic acid groups (broad SMARTS) is 1. The minimum Gasteiger partial charge on any atom is -0.481 e. The normalized spacial score (nSPS) is 14.6. The molecule has 1 aliphatic rings. The summed E-state index contributed by atoms with van der Waals surface area (Å²) in [5, 5.41) is 11.3. The number of halogens is 3. The van der Waals surface area contributed by atoms with Crippen LogP contribution >= 0.6 is 11.8 Å². The lowest BCUT2D eigenvalue weighted by atomic mass is 9.82. The van der Waals surface area contributed by atoms with Crippen LogP contribution in [-0.4, -0.2) is 40.6 Å². The molecule has 0 aliphatic heterocycles. The number of benzene rings is 3. The molecule has 0 saturated heterocycles. The molecule has 1 saturated carbocycles. The number of thioether (sulfide) groups is 1. The van der Waals surface area contributed by atoms with Crippen LogP contribution in [0.15, 0.2) is 77.7 Å². The van der Waals surface area contributed by atoms with Crippen LogP contribution in [0.1, 0.15) is 99.0 Å². The van der Waals surface area contributed by atoms with Gasteiger partial charge >= 0.3 is 11.5 Å². The fraction of sp³-hybridized carbons (Fsp3) is 0.333. The first-order chi connectivity index (χ1) is 20.5. The standard InChI is InChI=1S/C33H32F3NO5S/c34-33(35,36)43-27-8-4-7-26(19-27)29(38)20-28(23-11-15-25(16-12-23)32(42)37-18-17-30(39)40)31(41)24-13-9-22(10-14-24)21-5-2-1-3-6-21/h4,7-16,19,21,28H,1-3,5-6,17-18,20H2,(H,37,42)(H,39,40). The van der Waals surface area contributed by atoms with Gasteiger partial charge in [-0.1, -0.05) is 67.8 Å². The number of ketones is 2. The number of carbonyl (C=O) groups excluding carboxylic acids is 3. The van der Waals surface area contributed by atoms with Gasteiger partial charge in [-0.05, 0) is 65.9 Å². The van der Waals surface area contributed by atoms with E-state index >= 15 is 0 Å². The number of carbonyl (C=O) groups is 4. The molecule has 1 amide bonds. The van der Waals surface area contributed by atoms with Crippen molar-refractivity contribution in [2.24, 2.45) is 0 Å². The Hall–Kier alpha value is -3.92. The Morgan fingerprint density at radius 2 is 1.51 bits per heavy atom. The summed E-state index contributed by atoms with van der Waals surface area (Å²) in [5.41, 5.74) is -2.14. The zero-order chi connectivity index (χ0) is 31.0. The fourth-order valence-electron chi connectivity index (χ4n) is 5.34. The second kappa shape index (κ2) is 14.5. The van der Waals surface area contributed by atoms with E-state index in [0.717, 1.165) is 12.8 Å². The Morgan fingerprint density at radius 1 is 0.860 bits per heavy atom. The van der Waals surface area contributed by atoms with Crippen molar-refractivity contribution in [3.63, 3.8) is 0 Å². The van der Waals surface area contributed by atoms with Crippen molar-refractivity contribution in [2.45, 2.75) is 67.2 Å². The molecule has 2 N–H and O–H groups in total. The first-order valence-corrected chi connectivity index (χ1v) is 14.9. The molecule has 0 bridgehead atoms. The lowest BCUT2D eigenvalue weighted by molar-refractivity contribution is -0.136. The number of amides is 1. The smallest absolute Gasteiger partial charge is 0.446 e. The topological polar surface area (TPSA) is 101 Å². The molecule has 0 heterocycles. The van der Waals surface area contributed by atoms with E-state index in [0.29, 0.717) is 17.0 Å². The predicted octanol–water partition coefficient (Wildman–Crippen LogP) is 7.79. The average molecular weight is 612 g/mol. The molecular weight excluding hydrogens is 579 g/mol. The van der Waals surface area contributed by atoms with Gasteiger partial charge in [0.2, 0.25) is 0 Å². The van der Waals surface area contributed by atoms with Gasteiger partial charge < -0.3 is 10.4 Å². The van der Waals surface area contributed by atoms with Crippen molar-refractivity contribution >= 4 is 35.2 Å². The Balaban J connectivity index is 1.58. The predicted molar refractivity (Wildman–Crippen MR) is 158 cm³/mol. The molecule has 1 fully saturated rings. The summed E-state index contributed by atoms with van der Waals surface area (Å²) in [6, 6.07) is 18.8. The Bertz CT molecular complexity index is 1450. The van der Waals surface area contributed by atoms with Crippen molar-refractivity contribution in [2.75, 3.05) is 6.54 Å². The second-order valence-electron chi connectivity index (χ2n) is 10.6. The Morgan fingerprint density at radius 3 is 2.14 bits per heavy atom. The summed E-state index contributed by atoms with van der Waals surface area (Å²) in [4.78, 5) is 50.2. The first kappa shape index (κ1) is 32.0. The molecule has 0 radical (unpaired) electrons. The van der Waals surface area contributed by atoms with Crippen LogP contribution in [0.3, 0.4) is 0 Å². The van der Waals surface area contributed by atoms with Gasteiger partial charge in [-0.3, -0.25) is 19.2 Å². The number of hydrogen-bond acceptors (Lipinski definition) is 5. The third-order valence-electron chi connectivity index (χ3n) is 7.57. The number of Topliss-reactive ketones (excluding diaryl/α,β-unsaturated/α-hetero) is 2. The molecule has 1 atom stereocenters. The molecule has 3 aromatic carbocycles. The molecule has 0 aromatic heterocycles. The number of nitrogens with one attached hydrogen (secondary N) is 1. The van der Waals surface area contributed by atoms with Gasteiger partial charge in [0.25, 0.3) is 5.91 Å². The third-order valence-corrected chi connectivity index (χ3v) is 8.29. The molecule has 6 nitrogen and oxygen atoms in total. The highest BCUT2D eigenvalue weighted by atomic mass is 32.2. The molecule has 43 heavy (non-hydrogen) atoms. The van der Waals surface area contributed by atoms with Crippen molar-refractivity contribution in [3.05, 3.63) is 101 Å². The molecule has 4 rings (SSSR count). The fourth-order valence-corrected chi connectivity index (χ4v) is 5.94. The molecule has 1 aliphatic carbocycles. The van der Waals surface area contributed by atoms with E-state index in [1.54, 1.807) is 24.3 Å². The van der Waals surface area contributed by atoms with Crippen molar-refractivity contribution in [3.8, 4) is 0 Å². The summed E-state index contributed by atoms with van der Waals surface area (Å²) >= 11 is -0.315. The van der Waals surface area contributed by atoms with Crippen LogP contribution in [-0.2, 0) is 4.79 Å². The van der Waals surface area contributed by atoms with Crippen LogP contribution in [0, 0.1) is 0 Å². The van der Waals surface area contributed by atoms with E-state index in [2.05, 4.69) is 5.32 Å². The summed E-state index contributed by atoms with van der Waals surface area (Å²) in [6.07, 6.45) is 5.26. The van der Waals surface area contributed by atoms with Gasteiger partial charge in [-0.2, -0.15) is 13.2 Å². The zero-order valence-corrected chi connectivity index (χ0v) is 24.2. The maximum Gasteiger partial charge on any atom is 0.446 e. The van der Waals surface area contributed by atoms with Gasteiger partial charge in [0, 0.05) is 34.6 Å². The largest absolute Gasteiger partial charge is 0.481 e. The van der Waals surface area contributed by atoms with Gasteiger partial charge in [0.05, 0.1) is 12.3 Å². The SMILES string of the molecule is O=C(O)CCNC(=O)c1ccc(C(CC(=O)c2cccc(SC(F)(F)F)c2)C(=O)c2ccc(C3CCCCC3)cc2)cc1. The molecular formula is C33H32F3NO5S. The van der Waals surface area contributed by atoms with E-state index < -0.39 is 29.1 Å². The lowest BCUT2D eigenvalue weighted by Gasteiger charge is -2.22. The Labute approximate surface area is 252 Å². The van der Waals surface area contributed by atoms with Gasteiger partial charge in [0.15, 0.2) is 11.6 Å².